The molecule has 0 amide bonds. The van der Waals surface area contributed by atoms with Gasteiger partial charge in [0.2, 0.25) is 0 Å². The summed E-state index contributed by atoms with van der Waals surface area (Å²) in [7, 11) is 1.56. The van der Waals surface area contributed by atoms with Crippen molar-refractivity contribution in [3.05, 3.63) is 53.6 Å². The van der Waals surface area contributed by atoms with E-state index in [1.54, 1.807) is 19.2 Å². The van der Waals surface area contributed by atoms with Gasteiger partial charge in [-0.1, -0.05) is 42.0 Å². The molecule has 0 saturated heterocycles. The van der Waals surface area contributed by atoms with Crippen molar-refractivity contribution in [1.82, 2.24) is 0 Å². The highest BCUT2D eigenvalue weighted by atomic mass is 16.7. The molecule has 2 aromatic rings. The van der Waals surface area contributed by atoms with Crippen LogP contribution in [0.25, 0.3) is 11.1 Å². The number of aldehydes is 1. The molecule has 0 radical (unpaired) electrons. The predicted octanol–water partition coefficient (Wildman–Crippen LogP) is 3.46. The zero-order chi connectivity index (χ0) is 13.7. The smallest absolute Gasteiger partial charge is 0.188 e. The van der Waals surface area contributed by atoms with Gasteiger partial charge in [-0.25, -0.2) is 0 Å². The summed E-state index contributed by atoms with van der Waals surface area (Å²) < 4.78 is 10.5. The lowest BCUT2D eigenvalue weighted by Gasteiger charge is -2.13. The maximum atomic E-state index is 11.2. The van der Waals surface area contributed by atoms with Gasteiger partial charge in [0.05, 0.1) is 0 Å². The van der Waals surface area contributed by atoms with Gasteiger partial charge in [-0.3, -0.25) is 4.79 Å². The fourth-order valence-electron chi connectivity index (χ4n) is 1.92. The van der Waals surface area contributed by atoms with E-state index in [-0.39, 0.29) is 6.79 Å². The van der Waals surface area contributed by atoms with Crippen LogP contribution < -0.4 is 4.74 Å². The second-order valence-corrected chi connectivity index (χ2v) is 4.26. The fourth-order valence-corrected chi connectivity index (χ4v) is 1.92. The lowest BCUT2D eigenvalue weighted by molar-refractivity contribution is 0.0515. The third kappa shape index (κ3) is 3.01. The Hall–Kier alpha value is -2.13. The van der Waals surface area contributed by atoms with Crippen molar-refractivity contribution in [2.75, 3.05) is 13.9 Å². The number of aryl methyl sites for hydroxylation is 1. The van der Waals surface area contributed by atoms with Crippen LogP contribution in [-0.2, 0) is 4.74 Å². The monoisotopic (exact) mass is 256 g/mol. The number of methoxy groups -OCH3 is 1. The van der Waals surface area contributed by atoms with E-state index >= 15 is 0 Å². The van der Waals surface area contributed by atoms with Gasteiger partial charge in [-0.15, -0.1) is 0 Å². The summed E-state index contributed by atoms with van der Waals surface area (Å²) in [6, 6.07) is 13.4. The molecule has 2 aromatic carbocycles. The van der Waals surface area contributed by atoms with Crippen LogP contribution in [0.1, 0.15) is 15.9 Å². The molecular weight excluding hydrogens is 240 g/mol. The summed E-state index contributed by atoms with van der Waals surface area (Å²) in [6.07, 6.45) is 0.842. The molecule has 0 bridgehead atoms. The zero-order valence-corrected chi connectivity index (χ0v) is 11.1. The van der Waals surface area contributed by atoms with Crippen molar-refractivity contribution in [3.8, 4) is 16.9 Å². The molecule has 0 saturated carbocycles. The Labute approximate surface area is 112 Å². The van der Waals surface area contributed by atoms with Crippen LogP contribution in [0.5, 0.6) is 5.75 Å². The van der Waals surface area contributed by atoms with E-state index in [9.17, 15) is 4.79 Å². The van der Waals surface area contributed by atoms with Crippen molar-refractivity contribution in [2.45, 2.75) is 6.92 Å². The molecule has 0 N–H and O–H groups in total. The first kappa shape index (κ1) is 13.3. The minimum absolute atomic E-state index is 0.154. The Kier molecular flexibility index (Phi) is 4.31. The predicted molar refractivity (Wildman–Crippen MR) is 74.5 cm³/mol. The quantitative estimate of drug-likeness (QED) is 0.607. The Balaban J connectivity index is 2.51. The molecule has 0 aromatic heterocycles. The van der Waals surface area contributed by atoms with E-state index in [1.165, 1.54) is 5.56 Å². The van der Waals surface area contributed by atoms with E-state index < -0.39 is 0 Å². The second-order valence-electron chi connectivity index (χ2n) is 4.26. The van der Waals surface area contributed by atoms with Crippen LogP contribution in [0.3, 0.4) is 0 Å². The molecule has 3 nitrogen and oxygen atoms in total. The molecule has 3 heteroatoms. The lowest BCUT2D eigenvalue weighted by atomic mass is 9.98. The summed E-state index contributed by atoms with van der Waals surface area (Å²) in [6.45, 7) is 2.18. The molecule has 0 unspecified atom stereocenters. The summed E-state index contributed by atoms with van der Waals surface area (Å²) in [5.74, 6) is 0.648. The van der Waals surface area contributed by atoms with Gasteiger partial charge in [0.25, 0.3) is 0 Å². The Morgan fingerprint density at radius 1 is 1.11 bits per heavy atom. The molecule has 98 valence electrons. The molecule has 0 atom stereocenters. The van der Waals surface area contributed by atoms with Crippen LogP contribution in [0, 0.1) is 6.92 Å². The molecule has 0 heterocycles. The normalized spacial score (nSPS) is 10.2. The van der Waals surface area contributed by atoms with Crippen LogP contribution in [0.2, 0.25) is 0 Å². The SMILES string of the molecule is COCOc1cccc(C=O)c1-c1ccc(C)cc1. The molecule has 19 heavy (non-hydrogen) atoms. The highest BCUT2D eigenvalue weighted by Crippen LogP contribution is 2.33. The highest BCUT2D eigenvalue weighted by molar-refractivity contribution is 5.90. The van der Waals surface area contributed by atoms with Gasteiger partial charge in [0.1, 0.15) is 5.75 Å². The van der Waals surface area contributed by atoms with Crippen molar-refractivity contribution < 1.29 is 14.3 Å². The molecule has 2 rings (SSSR count). The Bertz CT molecular complexity index is 559. The van der Waals surface area contributed by atoms with Crippen molar-refractivity contribution >= 4 is 6.29 Å². The zero-order valence-electron chi connectivity index (χ0n) is 11.1. The largest absolute Gasteiger partial charge is 0.467 e. The average Bonchev–Trinajstić information content (AvgIpc) is 2.45. The summed E-state index contributed by atoms with van der Waals surface area (Å²) >= 11 is 0. The fraction of sp³-hybridized carbons (Fsp3) is 0.188. The minimum atomic E-state index is 0.154. The second kappa shape index (κ2) is 6.16. The van der Waals surface area contributed by atoms with Gasteiger partial charge in [0.15, 0.2) is 13.1 Å². The first-order valence-electron chi connectivity index (χ1n) is 6.03. The maximum Gasteiger partial charge on any atom is 0.188 e. The molecule has 0 aliphatic rings. The summed E-state index contributed by atoms with van der Waals surface area (Å²) in [5.41, 5.74) is 3.54. The molecular formula is C16H16O3. The van der Waals surface area contributed by atoms with Crippen LogP contribution in [0.4, 0.5) is 0 Å². The summed E-state index contributed by atoms with van der Waals surface area (Å²) in [5, 5.41) is 0. The molecule has 0 aliphatic heterocycles. The summed E-state index contributed by atoms with van der Waals surface area (Å²) in [4.78, 5) is 11.2. The highest BCUT2D eigenvalue weighted by Gasteiger charge is 2.11. The van der Waals surface area contributed by atoms with E-state index in [0.717, 1.165) is 17.4 Å². The number of hydrogen-bond donors (Lipinski definition) is 0. The average molecular weight is 256 g/mol. The number of benzene rings is 2. The minimum Gasteiger partial charge on any atom is -0.467 e. The Morgan fingerprint density at radius 3 is 2.47 bits per heavy atom. The Morgan fingerprint density at radius 2 is 1.84 bits per heavy atom. The van der Waals surface area contributed by atoms with Gasteiger partial charge in [0, 0.05) is 18.2 Å². The standard InChI is InChI=1S/C16H16O3/c1-12-6-8-13(9-7-12)16-14(10-17)4-3-5-15(16)19-11-18-2/h3-10H,11H2,1-2H3. The van der Waals surface area contributed by atoms with Crippen LogP contribution in [0.15, 0.2) is 42.5 Å². The third-order valence-electron chi connectivity index (χ3n) is 2.86. The number of carbonyl (C=O) groups excluding carboxylic acids is 1. The van der Waals surface area contributed by atoms with Crippen molar-refractivity contribution in [2.24, 2.45) is 0 Å². The van der Waals surface area contributed by atoms with Crippen LogP contribution in [-0.4, -0.2) is 20.2 Å². The van der Waals surface area contributed by atoms with E-state index in [0.29, 0.717) is 11.3 Å². The van der Waals surface area contributed by atoms with Gasteiger partial charge in [-0.2, -0.15) is 0 Å². The lowest BCUT2D eigenvalue weighted by Crippen LogP contribution is -2.01. The van der Waals surface area contributed by atoms with Crippen molar-refractivity contribution in [3.63, 3.8) is 0 Å². The van der Waals surface area contributed by atoms with Crippen molar-refractivity contribution in [1.29, 1.82) is 0 Å². The van der Waals surface area contributed by atoms with Crippen LogP contribution >= 0.6 is 0 Å². The number of carbonyl (C=O) groups is 1. The molecule has 0 aliphatic carbocycles. The molecule has 0 fully saturated rings. The van der Waals surface area contributed by atoms with E-state index in [2.05, 4.69) is 0 Å². The topological polar surface area (TPSA) is 35.5 Å². The first-order chi connectivity index (χ1) is 9.26. The van der Waals surface area contributed by atoms with Gasteiger partial charge >= 0.3 is 0 Å². The number of ether oxygens (including phenoxy) is 2. The van der Waals surface area contributed by atoms with Gasteiger partial charge in [-0.05, 0) is 18.6 Å². The first-order valence-corrected chi connectivity index (χ1v) is 6.03. The number of hydrogen-bond acceptors (Lipinski definition) is 3. The van der Waals surface area contributed by atoms with Gasteiger partial charge < -0.3 is 9.47 Å². The molecule has 0 spiro atoms. The number of rotatable bonds is 5. The third-order valence-corrected chi connectivity index (χ3v) is 2.86. The maximum absolute atomic E-state index is 11.2. The van der Waals surface area contributed by atoms with E-state index in [4.69, 9.17) is 9.47 Å². The van der Waals surface area contributed by atoms with E-state index in [1.807, 2.05) is 37.3 Å².